The first-order chi connectivity index (χ1) is 7.68. The summed E-state index contributed by atoms with van der Waals surface area (Å²) in [7, 11) is -3.35. The molecular formula is C11H17ClN2O2S. The smallest absolute Gasteiger partial charge is 0.240 e. The zero-order chi connectivity index (χ0) is 11.4. The molecule has 0 aliphatic carbocycles. The van der Waals surface area contributed by atoms with Crippen LogP contribution < -0.4 is 10.0 Å². The first kappa shape index (κ1) is 14.4. The second-order valence-corrected chi connectivity index (χ2v) is 5.69. The third kappa shape index (κ3) is 3.96. The normalized spacial score (nSPS) is 20.6. The first-order valence-electron chi connectivity index (χ1n) is 5.46. The van der Waals surface area contributed by atoms with E-state index in [2.05, 4.69) is 10.0 Å². The number of sulfonamides is 1. The molecule has 1 atom stereocenters. The lowest BCUT2D eigenvalue weighted by molar-refractivity contribution is 0.428. The summed E-state index contributed by atoms with van der Waals surface area (Å²) < 4.78 is 26.6. The summed E-state index contributed by atoms with van der Waals surface area (Å²) in [6, 6.07) is 8.50. The Balaban J connectivity index is 0.00000144. The van der Waals surface area contributed by atoms with Crippen molar-refractivity contribution >= 4 is 22.4 Å². The molecule has 2 N–H and O–H groups in total. The highest BCUT2D eigenvalue weighted by molar-refractivity contribution is 7.89. The zero-order valence-electron chi connectivity index (χ0n) is 9.43. The zero-order valence-corrected chi connectivity index (χ0v) is 11.1. The number of hydrogen-bond acceptors (Lipinski definition) is 3. The fraction of sp³-hybridized carbons (Fsp3) is 0.455. The Morgan fingerprint density at radius 3 is 2.53 bits per heavy atom. The molecule has 1 aliphatic rings. The molecule has 17 heavy (non-hydrogen) atoms. The molecule has 1 saturated heterocycles. The van der Waals surface area contributed by atoms with E-state index in [0.29, 0.717) is 11.4 Å². The second kappa shape index (κ2) is 6.35. The van der Waals surface area contributed by atoms with E-state index in [-0.39, 0.29) is 18.4 Å². The van der Waals surface area contributed by atoms with E-state index in [9.17, 15) is 8.42 Å². The Hall–Kier alpha value is -0.620. The summed E-state index contributed by atoms with van der Waals surface area (Å²) in [5.74, 6) is 0. The molecule has 1 aliphatic heterocycles. The van der Waals surface area contributed by atoms with E-state index in [1.54, 1.807) is 30.3 Å². The van der Waals surface area contributed by atoms with Gasteiger partial charge in [0.25, 0.3) is 0 Å². The van der Waals surface area contributed by atoms with Gasteiger partial charge in [-0.25, -0.2) is 13.1 Å². The third-order valence-corrected chi connectivity index (χ3v) is 4.21. The van der Waals surface area contributed by atoms with Gasteiger partial charge in [0.1, 0.15) is 0 Å². The van der Waals surface area contributed by atoms with Gasteiger partial charge in [-0.2, -0.15) is 0 Å². The van der Waals surface area contributed by atoms with E-state index in [1.807, 2.05) is 0 Å². The molecule has 0 amide bonds. The van der Waals surface area contributed by atoms with Crippen molar-refractivity contribution in [2.45, 2.75) is 23.8 Å². The molecule has 96 valence electrons. The highest BCUT2D eigenvalue weighted by Crippen LogP contribution is 2.10. The predicted molar refractivity (Wildman–Crippen MR) is 69.9 cm³/mol. The molecule has 0 saturated carbocycles. The standard InChI is InChI=1S/C11H16N2O2S.ClH/c14-16(15,11-6-2-1-3-7-11)13-10-5-4-8-12-9-10;/h1-3,6-7,10,12-13H,4-5,8-9H2;1H. The fourth-order valence-electron chi connectivity index (χ4n) is 1.84. The number of hydrogen-bond donors (Lipinski definition) is 2. The second-order valence-electron chi connectivity index (χ2n) is 3.98. The van der Waals surface area contributed by atoms with Crippen LogP contribution in [0.3, 0.4) is 0 Å². The van der Waals surface area contributed by atoms with Gasteiger partial charge in [-0.1, -0.05) is 18.2 Å². The van der Waals surface area contributed by atoms with Crippen LogP contribution >= 0.6 is 12.4 Å². The monoisotopic (exact) mass is 276 g/mol. The SMILES string of the molecule is Cl.O=S(=O)(NC1CCCNC1)c1ccccc1. The summed E-state index contributed by atoms with van der Waals surface area (Å²) in [6.45, 7) is 1.69. The minimum absolute atomic E-state index is 0. The van der Waals surface area contributed by atoms with Gasteiger partial charge in [-0.15, -0.1) is 12.4 Å². The quantitative estimate of drug-likeness (QED) is 0.870. The molecule has 6 heteroatoms. The van der Waals surface area contributed by atoms with Crippen molar-refractivity contribution in [1.82, 2.24) is 10.0 Å². The maximum Gasteiger partial charge on any atom is 0.240 e. The minimum atomic E-state index is -3.35. The molecule has 0 radical (unpaired) electrons. The Kier molecular flexibility index (Phi) is 5.39. The van der Waals surface area contributed by atoms with Crippen LogP contribution in [0.15, 0.2) is 35.2 Å². The Morgan fingerprint density at radius 2 is 1.94 bits per heavy atom. The van der Waals surface area contributed by atoms with E-state index in [4.69, 9.17) is 0 Å². The molecule has 1 fully saturated rings. The van der Waals surface area contributed by atoms with E-state index < -0.39 is 10.0 Å². The molecule has 0 spiro atoms. The highest BCUT2D eigenvalue weighted by Gasteiger charge is 2.20. The largest absolute Gasteiger partial charge is 0.315 e. The average Bonchev–Trinajstić information content (AvgIpc) is 2.31. The van der Waals surface area contributed by atoms with Crippen molar-refractivity contribution in [3.8, 4) is 0 Å². The number of nitrogens with one attached hydrogen (secondary N) is 2. The van der Waals surface area contributed by atoms with Crippen LogP contribution in [0.5, 0.6) is 0 Å². The average molecular weight is 277 g/mol. The van der Waals surface area contributed by atoms with Gasteiger partial charge >= 0.3 is 0 Å². The van der Waals surface area contributed by atoms with Crippen LogP contribution in [0.2, 0.25) is 0 Å². The van der Waals surface area contributed by atoms with Crippen molar-refractivity contribution in [3.63, 3.8) is 0 Å². The Labute approximate surface area is 108 Å². The molecule has 4 nitrogen and oxygen atoms in total. The molecule has 2 rings (SSSR count). The lowest BCUT2D eigenvalue weighted by Gasteiger charge is -2.23. The van der Waals surface area contributed by atoms with Crippen molar-refractivity contribution in [1.29, 1.82) is 0 Å². The van der Waals surface area contributed by atoms with E-state index in [1.165, 1.54) is 0 Å². The lowest BCUT2D eigenvalue weighted by Crippen LogP contribution is -2.45. The van der Waals surface area contributed by atoms with Gasteiger partial charge in [-0.3, -0.25) is 0 Å². The van der Waals surface area contributed by atoms with Crippen LogP contribution in [0.1, 0.15) is 12.8 Å². The van der Waals surface area contributed by atoms with Crippen molar-refractivity contribution < 1.29 is 8.42 Å². The van der Waals surface area contributed by atoms with Gasteiger partial charge < -0.3 is 5.32 Å². The van der Waals surface area contributed by atoms with E-state index in [0.717, 1.165) is 19.4 Å². The van der Waals surface area contributed by atoms with Gasteiger partial charge in [0.2, 0.25) is 10.0 Å². The van der Waals surface area contributed by atoms with Crippen molar-refractivity contribution in [3.05, 3.63) is 30.3 Å². The number of piperidine rings is 1. The van der Waals surface area contributed by atoms with Crippen LogP contribution in [-0.4, -0.2) is 27.5 Å². The third-order valence-electron chi connectivity index (χ3n) is 2.67. The predicted octanol–water partition coefficient (Wildman–Crippen LogP) is 1.14. The summed E-state index contributed by atoms with van der Waals surface area (Å²) in [5.41, 5.74) is 0. The molecular weight excluding hydrogens is 260 g/mol. The van der Waals surface area contributed by atoms with Gasteiger partial charge in [-0.05, 0) is 31.5 Å². The number of benzene rings is 1. The fourth-order valence-corrected chi connectivity index (χ4v) is 3.13. The van der Waals surface area contributed by atoms with Crippen LogP contribution in [0.4, 0.5) is 0 Å². The Bertz CT molecular complexity index is 430. The highest BCUT2D eigenvalue weighted by atomic mass is 35.5. The number of halogens is 1. The summed E-state index contributed by atoms with van der Waals surface area (Å²) in [6.07, 6.45) is 1.92. The lowest BCUT2D eigenvalue weighted by atomic mass is 10.1. The maximum absolute atomic E-state index is 12.0. The first-order valence-corrected chi connectivity index (χ1v) is 6.95. The molecule has 0 aromatic heterocycles. The van der Waals surface area contributed by atoms with E-state index >= 15 is 0 Å². The molecule has 1 heterocycles. The van der Waals surface area contributed by atoms with Gasteiger partial charge in [0.05, 0.1) is 4.90 Å². The van der Waals surface area contributed by atoms with Gasteiger partial charge in [0.15, 0.2) is 0 Å². The number of rotatable bonds is 3. The maximum atomic E-state index is 12.0. The topological polar surface area (TPSA) is 58.2 Å². The summed E-state index contributed by atoms with van der Waals surface area (Å²) >= 11 is 0. The summed E-state index contributed by atoms with van der Waals surface area (Å²) in [5, 5.41) is 3.18. The molecule has 1 aromatic carbocycles. The van der Waals surface area contributed by atoms with Crippen LogP contribution in [-0.2, 0) is 10.0 Å². The van der Waals surface area contributed by atoms with Crippen LogP contribution in [0.25, 0.3) is 0 Å². The van der Waals surface area contributed by atoms with Crippen LogP contribution in [0, 0.1) is 0 Å². The van der Waals surface area contributed by atoms with Crippen molar-refractivity contribution in [2.75, 3.05) is 13.1 Å². The molecule has 1 unspecified atom stereocenters. The van der Waals surface area contributed by atoms with Gasteiger partial charge in [0, 0.05) is 12.6 Å². The Morgan fingerprint density at radius 1 is 1.24 bits per heavy atom. The summed E-state index contributed by atoms with van der Waals surface area (Å²) in [4.78, 5) is 0.334. The minimum Gasteiger partial charge on any atom is -0.315 e. The molecule has 1 aromatic rings. The molecule has 0 bridgehead atoms. The van der Waals surface area contributed by atoms with Crippen molar-refractivity contribution in [2.24, 2.45) is 0 Å².